The number of urea groups is 1. The average Bonchev–Trinajstić information content (AvgIpc) is 3.30. The van der Waals surface area contributed by atoms with Crippen LogP contribution in [-0.4, -0.2) is 46.2 Å². The van der Waals surface area contributed by atoms with Crippen LogP contribution in [0.25, 0.3) is 0 Å². The Balaban J connectivity index is 1.25. The number of nitriles is 1. The van der Waals surface area contributed by atoms with Crippen LogP contribution >= 0.6 is 11.8 Å². The summed E-state index contributed by atoms with van der Waals surface area (Å²) in [6.07, 6.45) is 5.53. The molecular weight excluding hydrogens is 500 g/mol. The number of amides is 3. The van der Waals surface area contributed by atoms with Gasteiger partial charge in [-0.25, -0.2) is 9.78 Å². The van der Waals surface area contributed by atoms with Crippen LogP contribution in [0.4, 0.5) is 16.2 Å². The topological polar surface area (TPSA) is 111 Å². The van der Waals surface area contributed by atoms with E-state index >= 15 is 0 Å². The molecule has 1 aromatic heterocycles. The third-order valence-electron chi connectivity index (χ3n) is 7.06. The maximum Gasteiger partial charge on any atom is 0.327 e. The van der Waals surface area contributed by atoms with E-state index in [-0.39, 0.29) is 18.0 Å². The minimum atomic E-state index is -0.537. The lowest BCUT2D eigenvalue weighted by molar-refractivity contribution is -0.121. The minimum absolute atomic E-state index is 0.0947. The van der Waals surface area contributed by atoms with Crippen molar-refractivity contribution in [3.8, 4) is 17.7 Å². The molecule has 2 N–H and O–H groups in total. The molecule has 6 rings (SSSR count). The van der Waals surface area contributed by atoms with Crippen molar-refractivity contribution in [2.75, 3.05) is 18.0 Å². The molecule has 0 bridgehead atoms. The minimum Gasteiger partial charge on any atom is -0.457 e. The normalized spacial score (nSPS) is 21.8. The molecule has 1 fully saturated rings. The molecule has 0 saturated carbocycles. The lowest BCUT2D eigenvalue weighted by atomic mass is 9.98. The van der Waals surface area contributed by atoms with E-state index in [1.165, 1.54) is 11.8 Å². The van der Waals surface area contributed by atoms with E-state index in [1.807, 2.05) is 61.5 Å². The maximum atomic E-state index is 13.5. The standard InChI is InChI=1S/C28H26N6O3S/c1-17-14-20(37-19-7-3-2-4-8-19)9-10-21(17)34-22-11-12-30-27-23(22)24(32-28(34)36)25(38-27)26(35)31-18-6-5-13-33(15-18)16-29/h2-4,7-12,14,18,24-25H,5-6,13,15H2,1H3,(H,31,35)(H,32,36)/t18?,24?,25-/m1/s1. The SMILES string of the molecule is Cc1cc(Oc2ccccc2)ccc1N1C(=O)NC2c3c1ccnc3S[C@H]2C(=O)NC1CCCN(C#N)C1. The molecule has 4 heterocycles. The molecule has 0 spiro atoms. The first-order chi connectivity index (χ1) is 18.5. The molecule has 2 aromatic carbocycles. The van der Waals surface area contributed by atoms with Gasteiger partial charge in [-0.1, -0.05) is 30.0 Å². The number of ether oxygens (including phenoxy) is 1. The van der Waals surface area contributed by atoms with Gasteiger partial charge in [0.15, 0.2) is 6.19 Å². The van der Waals surface area contributed by atoms with Crippen LogP contribution in [-0.2, 0) is 4.79 Å². The van der Waals surface area contributed by atoms with Gasteiger partial charge >= 0.3 is 6.03 Å². The number of benzene rings is 2. The number of anilines is 2. The number of carbonyl (C=O) groups excluding carboxylic acids is 2. The Hall–Kier alpha value is -4.23. The Morgan fingerprint density at radius 1 is 1.18 bits per heavy atom. The highest BCUT2D eigenvalue weighted by Crippen LogP contribution is 2.51. The number of carbonyl (C=O) groups is 2. The van der Waals surface area contributed by atoms with Gasteiger partial charge in [0.05, 0.1) is 17.4 Å². The Bertz CT molecular complexity index is 1440. The van der Waals surface area contributed by atoms with E-state index in [9.17, 15) is 14.9 Å². The van der Waals surface area contributed by atoms with Gasteiger partial charge in [0.25, 0.3) is 0 Å². The van der Waals surface area contributed by atoms with Gasteiger partial charge in [-0.2, -0.15) is 5.26 Å². The summed E-state index contributed by atoms with van der Waals surface area (Å²) in [5, 5.41) is 15.6. The highest BCUT2D eigenvalue weighted by molar-refractivity contribution is 8.01. The highest BCUT2D eigenvalue weighted by atomic mass is 32.2. The number of aromatic nitrogens is 1. The van der Waals surface area contributed by atoms with Crippen molar-refractivity contribution in [1.82, 2.24) is 20.5 Å². The average molecular weight is 527 g/mol. The molecule has 3 aliphatic heterocycles. The summed E-state index contributed by atoms with van der Waals surface area (Å²) in [6, 6.07) is 16.1. The molecule has 192 valence electrons. The number of para-hydroxylation sites is 1. The summed E-state index contributed by atoms with van der Waals surface area (Å²) in [5.41, 5.74) is 3.17. The van der Waals surface area contributed by atoms with E-state index in [2.05, 4.69) is 21.8 Å². The number of piperidine rings is 1. The van der Waals surface area contributed by atoms with Crippen LogP contribution in [0.15, 0.2) is 65.8 Å². The van der Waals surface area contributed by atoms with Crippen LogP contribution in [0.5, 0.6) is 11.5 Å². The molecule has 3 amide bonds. The predicted molar refractivity (Wildman–Crippen MR) is 143 cm³/mol. The molecule has 1 saturated heterocycles. The highest BCUT2D eigenvalue weighted by Gasteiger charge is 2.47. The fraction of sp³-hybridized carbons (Fsp3) is 0.286. The van der Waals surface area contributed by atoms with Crippen LogP contribution in [0, 0.1) is 18.4 Å². The summed E-state index contributed by atoms with van der Waals surface area (Å²) in [7, 11) is 0. The van der Waals surface area contributed by atoms with E-state index in [1.54, 1.807) is 16.0 Å². The van der Waals surface area contributed by atoms with E-state index < -0.39 is 11.3 Å². The number of rotatable bonds is 5. The summed E-state index contributed by atoms with van der Waals surface area (Å²) < 4.78 is 5.96. The van der Waals surface area contributed by atoms with E-state index in [0.717, 1.165) is 46.1 Å². The smallest absolute Gasteiger partial charge is 0.327 e. The molecule has 3 aromatic rings. The number of hydrogen-bond acceptors (Lipinski definition) is 7. The molecule has 3 aliphatic rings. The third-order valence-corrected chi connectivity index (χ3v) is 8.35. The largest absolute Gasteiger partial charge is 0.457 e. The molecule has 0 aliphatic carbocycles. The molecule has 9 nitrogen and oxygen atoms in total. The molecule has 2 unspecified atom stereocenters. The van der Waals surface area contributed by atoms with Gasteiger partial charge in [0.1, 0.15) is 21.8 Å². The Morgan fingerprint density at radius 2 is 2.03 bits per heavy atom. The number of thioether (sulfide) groups is 1. The van der Waals surface area contributed by atoms with Crippen molar-refractivity contribution >= 4 is 35.1 Å². The zero-order chi connectivity index (χ0) is 26.2. The molecule has 0 radical (unpaired) electrons. The number of pyridine rings is 1. The number of nitrogens with one attached hydrogen (secondary N) is 2. The second kappa shape index (κ2) is 9.91. The quantitative estimate of drug-likeness (QED) is 0.467. The summed E-state index contributed by atoms with van der Waals surface area (Å²) >= 11 is 1.37. The van der Waals surface area contributed by atoms with Crippen molar-refractivity contribution in [2.45, 2.75) is 42.1 Å². The van der Waals surface area contributed by atoms with Crippen molar-refractivity contribution < 1.29 is 14.3 Å². The zero-order valence-corrected chi connectivity index (χ0v) is 21.6. The van der Waals surface area contributed by atoms with Gasteiger partial charge in [-0.3, -0.25) is 9.69 Å². The number of nitrogens with zero attached hydrogens (tertiary/aromatic N) is 4. The first-order valence-corrected chi connectivity index (χ1v) is 13.4. The lowest BCUT2D eigenvalue weighted by Crippen LogP contribution is -2.52. The monoisotopic (exact) mass is 526 g/mol. The summed E-state index contributed by atoms with van der Waals surface area (Å²) in [5.74, 6) is 1.26. The van der Waals surface area contributed by atoms with Crippen LogP contribution in [0.2, 0.25) is 0 Å². The summed E-state index contributed by atoms with van der Waals surface area (Å²) in [4.78, 5) is 34.7. The molecule has 3 atom stereocenters. The van der Waals surface area contributed by atoms with Gasteiger partial charge in [0.2, 0.25) is 5.91 Å². The number of aryl methyl sites for hydroxylation is 1. The Morgan fingerprint density at radius 3 is 2.82 bits per heavy atom. The Labute approximate surface area is 224 Å². The van der Waals surface area contributed by atoms with Gasteiger partial charge in [0, 0.05) is 30.9 Å². The molecule has 10 heteroatoms. The predicted octanol–water partition coefficient (Wildman–Crippen LogP) is 4.62. The fourth-order valence-electron chi connectivity index (χ4n) is 5.30. The molecular formula is C28H26N6O3S. The lowest BCUT2D eigenvalue weighted by Gasteiger charge is -2.35. The van der Waals surface area contributed by atoms with Crippen molar-refractivity contribution in [2.24, 2.45) is 0 Å². The van der Waals surface area contributed by atoms with E-state index in [4.69, 9.17) is 4.74 Å². The number of hydrogen-bond donors (Lipinski definition) is 2. The van der Waals surface area contributed by atoms with E-state index in [0.29, 0.717) is 18.8 Å². The first-order valence-electron chi connectivity index (χ1n) is 12.6. The fourth-order valence-corrected chi connectivity index (χ4v) is 6.54. The third kappa shape index (κ3) is 4.39. The summed E-state index contributed by atoms with van der Waals surface area (Å²) in [6.45, 7) is 3.16. The van der Waals surface area contributed by atoms with Gasteiger partial charge < -0.3 is 20.3 Å². The van der Waals surface area contributed by atoms with Crippen molar-refractivity contribution in [3.05, 3.63) is 71.9 Å². The van der Waals surface area contributed by atoms with Crippen LogP contribution in [0.1, 0.15) is 30.0 Å². The Kier molecular flexibility index (Phi) is 6.29. The van der Waals surface area contributed by atoms with Gasteiger partial charge in [-0.05, 0) is 61.7 Å². The van der Waals surface area contributed by atoms with Crippen molar-refractivity contribution in [3.63, 3.8) is 0 Å². The second-order valence-corrected chi connectivity index (χ2v) is 10.7. The maximum absolute atomic E-state index is 13.5. The zero-order valence-electron chi connectivity index (χ0n) is 20.8. The van der Waals surface area contributed by atoms with Crippen molar-refractivity contribution in [1.29, 1.82) is 5.26 Å². The van der Waals surface area contributed by atoms with Crippen LogP contribution in [0.3, 0.4) is 0 Å². The second-order valence-electron chi connectivity index (χ2n) is 9.61. The van der Waals surface area contributed by atoms with Crippen LogP contribution < -0.4 is 20.3 Å². The van der Waals surface area contributed by atoms with Gasteiger partial charge in [-0.15, -0.1) is 0 Å². The number of likely N-dealkylation sites (tertiary alicyclic amines) is 1. The molecule has 38 heavy (non-hydrogen) atoms. The first kappa shape index (κ1) is 24.1.